The van der Waals surface area contributed by atoms with E-state index in [4.69, 9.17) is 5.11 Å². The minimum absolute atomic E-state index is 0.0289. The number of alkyl halides is 3. The summed E-state index contributed by atoms with van der Waals surface area (Å²) in [6.07, 6.45) is -4.92. The SMILES string of the molecule is Cc1c(C(=O)O)c(C)n(C)c1C(=O)C(=O)CCC[C@@H](C)C(F)(F)F. The number of carbonyl (C=O) groups is 3. The normalized spacial score (nSPS) is 13.0. The van der Waals surface area contributed by atoms with Crippen molar-refractivity contribution in [3.05, 3.63) is 22.5 Å². The van der Waals surface area contributed by atoms with Crippen LogP contribution in [0.4, 0.5) is 13.2 Å². The molecule has 0 aromatic carbocycles. The molecule has 1 aromatic rings. The lowest BCUT2D eigenvalue weighted by molar-refractivity contribution is -0.171. The molecule has 1 rings (SSSR count). The Hall–Kier alpha value is -2.12. The van der Waals surface area contributed by atoms with Crippen LogP contribution in [0.1, 0.15) is 58.3 Å². The third-order valence-corrected chi connectivity index (χ3v) is 4.21. The molecule has 0 fully saturated rings. The van der Waals surface area contributed by atoms with Crippen LogP contribution in [-0.4, -0.2) is 33.4 Å². The van der Waals surface area contributed by atoms with Gasteiger partial charge < -0.3 is 9.67 Å². The molecular formula is C16H20F3NO4. The molecule has 0 unspecified atom stereocenters. The number of carboxylic acids is 1. The van der Waals surface area contributed by atoms with Gasteiger partial charge in [-0.15, -0.1) is 0 Å². The maximum absolute atomic E-state index is 12.4. The van der Waals surface area contributed by atoms with Crippen LogP contribution < -0.4 is 0 Å². The zero-order chi connectivity index (χ0) is 18.8. The van der Waals surface area contributed by atoms with Crippen molar-refractivity contribution in [1.82, 2.24) is 4.57 Å². The maximum Gasteiger partial charge on any atom is 0.391 e. The Morgan fingerprint density at radius 1 is 1.21 bits per heavy atom. The Bertz CT molecular complexity index is 674. The minimum atomic E-state index is -4.32. The van der Waals surface area contributed by atoms with Crippen LogP contribution in [0.3, 0.4) is 0 Å². The van der Waals surface area contributed by atoms with E-state index >= 15 is 0 Å². The van der Waals surface area contributed by atoms with Gasteiger partial charge in [0.1, 0.15) is 0 Å². The highest BCUT2D eigenvalue weighted by molar-refractivity contribution is 6.43. The van der Waals surface area contributed by atoms with Crippen LogP contribution in [0.2, 0.25) is 0 Å². The number of hydrogen-bond acceptors (Lipinski definition) is 3. The first-order chi connectivity index (χ1) is 10.9. The van der Waals surface area contributed by atoms with Crippen LogP contribution in [0, 0.1) is 19.8 Å². The highest BCUT2D eigenvalue weighted by Gasteiger charge is 2.35. The Balaban J connectivity index is 2.87. The summed E-state index contributed by atoms with van der Waals surface area (Å²) in [5.41, 5.74) is 0.449. The Morgan fingerprint density at radius 3 is 2.17 bits per heavy atom. The van der Waals surface area contributed by atoms with E-state index in [-0.39, 0.29) is 36.1 Å². The lowest BCUT2D eigenvalue weighted by atomic mass is 9.99. The second-order valence-electron chi connectivity index (χ2n) is 5.89. The number of aromatic carboxylic acids is 1. The standard InChI is InChI=1S/C16H20F3NO4/c1-8(16(17,18)19)6-5-7-11(21)14(22)13-9(2)12(15(23)24)10(3)20(13)4/h8H,5-7H2,1-4H3,(H,23,24)/t8-/m1/s1. The van der Waals surface area contributed by atoms with Gasteiger partial charge in [0.2, 0.25) is 11.6 Å². The van der Waals surface area contributed by atoms with Crippen molar-refractivity contribution in [2.24, 2.45) is 13.0 Å². The van der Waals surface area contributed by atoms with E-state index in [2.05, 4.69) is 0 Å². The van der Waals surface area contributed by atoms with E-state index in [0.29, 0.717) is 5.69 Å². The summed E-state index contributed by atoms with van der Waals surface area (Å²) in [5.74, 6) is -4.43. The molecule has 8 heteroatoms. The first kappa shape index (κ1) is 19.9. The van der Waals surface area contributed by atoms with Crippen LogP contribution >= 0.6 is 0 Å². The van der Waals surface area contributed by atoms with E-state index in [9.17, 15) is 27.6 Å². The van der Waals surface area contributed by atoms with Gasteiger partial charge in [-0.1, -0.05) is 6.92 Å². The lowest BCUT2D eigenvalue weighted by Crippen LogP contribution is -2.21. The molecule has 0 radical (unpaired) electrons. The average molecular weight is 347 g/mol. The number of rotatable bonds is 7. The number of carboxylic acid groups (broad SMARTS) is 1. The Morgan fingerprint density at radius 2 is 1.75 bits per heavy atom. The first-order valence-corrected chi connectivity index (χ1v) is 7.43. The van der Waals surface area contributed by atoms with E-state index in [1.807, 2.05) is 0 Å². The van der Waals surface area contributed by atoms with Crippen molar-refractivity contribution in [2.45, 2.75) is 46.2 Å². The van der Waals surface area contributed by atoms with E-state index < -0.39 is 29.6 Å². The molecule has 24 heavy (non-hydrogen) atoms. The summed E-state index contributed by atoms with van der Waals surface area (Å²) in [6.45, 7) is 3.97. The number of carbonyl (C=O) groups excluding carboxylic acids is 2. The number of ketones is 2. The van der Waals surface area contributed by atoms with Crippen LogP contribution in [0.25, 0.3) is 0 Å². The van der Waals surface area contributed by atoms with Crippen LogP contribution in [0.5, 0.6) is 0 Å². The van der Waals surface area contributed by atoms with Gasteiger partial charge in [0.15, 0.2) is 0 Å². The Kier molecular flexibility index (Phi) is 5.97. The number of hydrogen-bond donors (Lipinski definition) is 1. The summed E-state index contributed by atoms with van der Waals surface area (Å²) >= 11 is 0. The molecule has 0 amide bonds. The lowest BCUT2D eigenvalue weighted by Gasteiger charge is -2.14. The van der Waals surface area contributed by atoms with Gasteiger partial charge in [0.25, 0.3) is 0 Å². The van der Waals surface area contributed by atoms with Crippen molar-refractivity contribution in [1.29, 1.82) is 0 Å². The van der Waals surface area contributed by atoms with Gasteiger partial charge >= 0.3 is 12.1 Å². The van der Waals surface area contributed by atoms with Gasteiger partial charge in [0, 0.05) is 19.2 Å². The fraction of sp³-hybridized carbons (Fsp3) is 0.562. The molecule has 1 N–H and O–H groups in total. The van der Waals surface area contributed by atoms with E-state index in [0.717, 1.165) is 6.92 Å². The maximum atomic E-state index is 12.4. The molecule has 0 aliphatic heterocycles. The second kappa shape index (κ2) is 7.19. The van der Waals surface area contributed by atoms with Gasteiger partial charge in [-0.25, -0.2) is 4.79 Å². The van der Waals surface area contributed by atoms with E-state index in [1.54, 1.807) is 0 Å². The molecular weight excluding hydrogens is 327 g/mol. The molecule has 0 saturated heterocycles. The van der Waals surface area contributed by atoms with Gasteiger partial charge in [-0.3, -0.25) is 9.59 Å². The highest BCUT2D eigenvalue weighted by Crippen LogP contribution is 2.29. The zero-order valence-electron chi connectivity index (χ0n) is 14.0. The predicted molar refractivity (Wildman–Crippen MR) is 80.3 cm³/mol. The van der Waals surface area contributed by atoms with Gasteiger partial charge in [-0.2, -0.15) is 13.2 Å². The third kappa shape index (κ3) is 4.04. The monoisotopic (exact) mass is 347 g/mol. The first-order valence-electron chi connectivity index (χ1n) is 7.43. The van der Waals surface area contributed by atoms with Crippen molar-refractivity contribution < 1.29 is 32.7 Å². The molecule has 5 nitrogen and oxygen atoms in total. The predicted octanol–water partition coefficient (Wildman–Crippen LogP) is 3.46. The molecule has 0 spiro atoms. The largest absolute Gasteiger partial charge is 0.478 e. The van der Waals surface area contributed by atoms with Gasteiger partial charge in [-0.05, 0) is 32.3 Å². The number of Topliss-reactive ketones (excluding diaryl/α,β-unsaturated/α-hetero) is 2. The molecule has 0 aliphatic rings. The topological polar surface area (TPSA) is 76.4 Å². The summed E-state index contributed by atoms with van der Waals surface area (Å²) in [6, 6.07) is 0. The quantitative estimate of drug-likeness (QED) is 0.605. The fourth-order valence-corrected chi connectivity index (χ4v) is 2.59. The van der Waals surface area contributed by atoms with Crippen LogP contribution in [-0.2, 0) is 11.8 Å². The molecule has 0 aliphatic carbocycles. The fourth-order valence-electron chi connectivity index (χ4n) is 2.59. The summed E-state index contributed by atoms with van der Waals surface area (Å²) in [4.78, 5) is 35.5. The Labute approximate surface area is 137 Å². The van der Waals surface area contributed by atoms with Gasteiger partial charge in [0.05, 0.1) is 17.2 Å². The zero-order valence-corrected chi connectivity index (χ0v) is 14.0. The van der Waals surface area contributed by atoms with Crippen molar-refractivity contribution in [2.75, 3.05) is 0 Å². The second-order valence-corrected chi connectivity index (χ2v) is 5.89. The molecule has 1 atom stereocenters. The summed E-state index contributed by atoms with van der Waals surface area (Å²) in [7, 11) is 1.47. The molecule has 134 valence electrons. The average Bonchev–Trinajstić information content (AvgIpc) is 2.67. The summed E-state index contributed by atoms with van der Waals surface area (Å²) < 4.78 is 38.6. The van der Waals surface area contributed by atoms with Crippen molar-refractivity contribution in [3.8, 4) is 0 Å². The number of nitrogens with zero attached hydrogens (tertiary/aromatic N) is 1. The molecule has 1 aromatic heterocycles. The molecule has 1 heterocycles. The molecule has 0 saturated carbocycles. The van der Waals surface area contributed by atoms with Crippen molar-refractivity contribution in [3.63, 3.8) is 0 Å². The smallest absolute Gasteiger partial charge is 0.391 e. The summed E-state index contributed by atoms with van der Waals surface area (Å²) in [5, 5.41) is 9.17. The molecule has 0 bridgehead atoms. The van der Waals surface area contributed by atoms with E-state index in [1.165, 1.54) is 25.5 Å². The number of halogens is 3. The van der Waals surface area contributed by atoms with Crippen LogP contribution in [0.15, 0.2) is 0 Å². The third-order valence-electron chi connectivity index (χ3n) is 4.21. The number of aromatic nitrogens is 1. The highest BCUT2D eigenvalue weighted by atomic mass is 19.4. The minimum Gasteiger partial charge on any atom is -0.478 e. The van der Waals surface area contributed by atoms with Crippen molar-refractivity contribution >= 4 is 17.5 Å².